The fourth-order valence-corrected chi connectivity index (χ4v) is 4.52. The van der Waals surface area contributed by atoms with Crippen molar-refractivity contribution in [1.82, 2.24) is 9.80 Å². The van der Waals surface area contributed by atoms with Crippen LogP contribution in [0.15, 0.2) is 4.99 Å². The van der Waals surface area contributed by atoms with E-state index in [1.807, 2.05) is 0 Å². The normalized spacial score (nSPS) is 26.8. The van der Waals surface area contributed by atoms with E-state index in [4.69, 9.17) is 4.99 Å². The van der Waals surface area contributed by atoms with Crippen LogP contribution in [0.3, 0.4) is 0 Å². The maximum atomic E-state index is 5.38. The number of aliphatic imine (C=N–C) groups is 1. The number of hydrogen-bond donors (Lipinski definition) is 0. The predicted octanol–water partition coefficient (Wildman–Crippen LogP) is 4.08. The van der Waals surface area contributed by atoms with Gasteiger partial charge < -0.3 is 4.90 Å². The second kappa shape index (κ2) is 8.33. The smallest absolute Gasteiger partial charge is 0.117 e. The Labute approximate surface area is 137 Å². The lowest BCUT2D eigenvalue weighted by Gasteiger charge is -2.35. The second-order valence-corrected chi connectivity index (χ2v) is 7.52. The van der Waals surface area contributed by atoms with E-state index in [1.54, 1.807) is 0 Å². The van der Waals surface area contributed by atoms with E-state index in [1.165, 1.54) is 103 Å². The molecule has 0 radical (unpaired) electrons. The van der Waals surface area contributed by atoms with Gasteiger partial charge in [0.15, 0.2) is 0 Å². The Bertz CT molecular complexity index is 348. The van der Waals surface area contributed by atoms with Gasteiger partial charge in [-0.25, -0.2) is 0 Å². The van der Waals surface area contributed by atoms with Crippen molar-refractivity contribution in [2.45, 2.75) is 89.6 Å². The van der Waals surface area contributed by atoms with Crippen molar-refractivity contribution < 1.29 is 0 Å². The van der Waals surface area contributed by atoms with E-state index >= 15 is 0 Å². The first kappa shape index (κ1) is 16.3. The van der Waals surface area contributed by atoms with Crippen molar-refractivity contribution in [1.29, 1.82) is 0 Å². The van der Waals surface area contributed by atoms with Crippen molar-refractivity contribution in [3.05, 3.63) is 0 Å². The molecule has 0 N–H and O–H groups in total. The van der Waals surface area contributed by atoms with Crippen molar-refractivity contribution in [3.63, 3.8) is 0 Å². The summed E-state index contributed by atoms with van der Waals surface area (Å²) in [5.74, 6) is 1.48. The minimum absolute atomic E-state index is 0.604. The zero-order chi connectivity index (χ0) is 15.2. The second-order valence-electron chi connectivity index (χ2n) is 7.52. The van der Waals surface area contributed by atoms with Gasteiger partial charge in [0.05, 0.1) is 12.1 Å². The van der Waals surface area contributed by atoms with Crippen LogP contribution in [0.2, 0.25) is 0 Å². The van der Waals surface area contributed by atoms with Crippen LogP contribution >= 0.6 is 0 Å². The molecule has 3 fully saturated rings. The Morgan fingerprint density at radius 1 is 0.909 bits per heavy atom. The first-order valence-electron chi connectivity index (χ1n) is 9.95. The highest BCUT2D eigenvalue weighted by Gasteiger charge is 2.31. The summed E-state index contributed by atoms with van der Waals surface area (Å²) < 4.78 is 0. The molecular weight excluding hydrogens is 270 g/mol. The van der Waals surface area contributed by atoms with Gasteiger partial charge in [0, 0.05) is 13.1 Å². The molecule has 1 aliphatic carbocycles. The van der Waals surface area contributed by atoms with Gasteiger partial charge in [-0.05, 0) is 58.0 Å². The van der Waals surface area contributed by atoms with Crippen molar-refractivity contribution in [2.75, 3.05) is 26.2 Å². The van der Waals surface area contributed by atoms with E-state index in [0.717, 1.165) is 0 Å². The van der Waals surface area contributed by atoms with E-state index in [0.29, 0.717) is 12.1 Å². The summed E-state index contributed by atoms with van der Waals surface area (Å²) >= 11 is 0. The molecule has 2 saturated heterocycles. The molecule has 0 aromatic heterocycles. The van der Waals surface area contributed by atoms with Crippen LogP contribution in [0.4, 0.5) is 0 Å². The molecule has 2 heterocycles. The molecule has 1 saturated carbocycles. The van der Waals surface area contributed by atoms with Crippen LogP contribution in [0, 0.1) is 0 Å². The summed E-state index contributed by atoms with van der Waals surface area (Å²) in [6.45, 7) is 7.43. The molecule has 3 rings (SSSR count). The molecule has 0 spiro atoms. The van der Waals surface area contributed by atoms with Gasteiger partial charge in [0.1, 0.15) is 5.84 Å². The first-order chi connectivity index (χ1) is 10.9. The summed E-state index contributed by atoms with van der Waals surface area (Å²) in [7, 11) is 0. The highest BCUT2D eigenvalue weighted by Crippen LogP contribution is 2.25. The number of nitrogens with zero attached hydrogens (tertiary/aromatic N) is 3. The van der Waals surface area contributed by atoms with Gasteiger partial charge in [0.25, 0.3) is 0 Å². The molecule has 1 unspecified atom stereocenters. The average Bonchev–Trinajstić information content (AvgIpc) is 3.24. The number of amidine groups is 1. The van der Waals surface area contributed by atoms with Gasteiger partial charge in [-0.1, -0.05) is 32.6 Å². The highest BCUT2D eigenvalue weighted by atomic mass is 15.3. The fraction of sp³-hybridized carbons (Fsp3) is 0.947. The third-order valence-corrected chi connectivity index (χ3v) is 5.76. The van der Waals surface area contributed by atoms with Crippen molar-refractivity contribution in [2.24, 2.45) is 4.99 Å². The Balaban J connectivity index is 1.79. The number of rotatable bonds is 5. The zero-order valence-corrected chi connectivity index (χ0v) is 14.6. The molecule has 126 valence electrons. The summed E-state index contributed by atoms with van der Waals surface area (Å²) in [6.07, 6.45) is 14.9. The fourth-order valence-electron chi connectivity index (χ4n) is 4.52. The summed E-state index contributed by atoms with van der Waals surface area (Å²) in [5, 5.41) is 0. The van der Waals surface area contributed by atoms with Gasteiger partial charge >= 0.3 is 0 Å². The SMILES string of the molecule is CCCC(C(=NC1CCCCC1)N1CCCC1)N1CCCC1. The van der Waals surface area contributed by atoms with Crippen LogP contribution in [0.25, 0.3) is 0 Å². The Morgan fingerprint density at radius 2 is 1.55 bits per heavy atom. The molecule has 1 atom stereocenters. The van der Waals surface area contributed by atoms with E-state index in [2.05, 4.69) is 16.7 Å². The van der Waals surface area contributed by atoms with Crippen molar-refractivity contribution in [3.8, 4) is 0 Å². The summed E-state index contributed by atoms with van der Waals surface area (Å²) in [4.78, 5) is 10.8. The third kappa shape index (κ3) is 4.04. The third-order valence-electron chi connectivity index (χ3n) is 5.76. The molecule has 0 bridgehead atoms. The predicted molar refractivity (Wildman–Crippen MR) is 94.6 cm³/mol. The first-order valence-corrected chi connectivity index (χ1v) is 9.95. The molecule has 22 heavy (non-hydrogen) atoms. The Hall–Kier alpha value is -0.570. The van der Waals surface area contributed by atoms with Crippen LogP contribution in [0.1, 0.15) is 77.6 Å². The highest BCUT2D eigenvalue weighted by molar-refractivity contribution is 5.88. The van der Waals surface area contributed by atoms with Crippen molar-refractivity contribution >= 4 is 5.84 Å². The molecule has 0 amide bonds. The van der Waals surface area contributed by atoms with E-state index < -0.39 is 0 Å². The molecule has 0 aromatic carbocycles. The lowest BCUT2D eigenvalue weighted by atomic mass is 9.95. The Morgan fingerprint density at radius 3 is 2.18 bits per heavy atom. The maximum absolute atomic E-state index is 5.38. The van der Waals surface area contributed by atoms with Crippen LogP contribution in [-0.2, 0) is 0 Å². The lowest BCUT2D eigenvalue weighted by Crippen LogP contribution is -2.47. The Kier molecular flexibility index (Phi) is 6.17. The minimum atomic E-state index is 0.604. The van der Waals surface area contributed by atoms with Gasteiger partial charge in [-0.2, -0.15) is 0 Å². The van der Waals surface area contributed by atoms with E-state index in [9.17, 15) is 0 Å². The van der Waals surface area contributed by atoms with Crippen LogP contribution in [0.5, 0.6) is 0 Å². The zero-order valence-electron chi connectivity index (χ0n) is 14.6. The topological polar surface area (TPSA) is 18.8 Å². The number of likely N-dealkylation sites (tertiary alicyclic amines) is 2. The summed E-state index contributed by atoms with van der Waals surface area (Å²) in [6, 6.07) is 1.22. The molecular formula is C19H35N3. The molecule has 0 aromatic rings. The quantitative estimate of drug-likeness (QED) is 0.563. The van der Waals surface area contributed by atoms with Gasteiger partial charge in [-0.15, -0.1) is 0 Å². The van der Waals surface area contributed by atoms with Gasteiger partial charge in [-0.3, -0.25) is 9.89 Å². The lowest BCUT2D eigenvalue weighted by molar-refractivity contribution is 0.265. The standard InChI is InChI=1S/C19H35N3/c1-2-10-18(21-13-6-7-14-21)19(22-15-8-9-16-22)20-17-11-4-3-5-12-17/h17-18H,2-16H2,1H3. The summed E-state index contributed by atoms with van der Waals surface area (Å²) in [5.41, 5.74) is 0. The molecule has 3 heteroatoms. The van der Waals surface area contributed by atoms with E-state index in [-0.39, 0.29) is 0 Å². The number of hydrogen-bond acceptors (Lipinski definition) is 2. The maximum Gasteiger partial charge on any atom is 0.117 e. The minimum Gasteiger partial charge on any atom is -0.359 e. The van der Waals surface area contributed by atoms with Gasteiger partial charge in [0.2, 0.25) is 0 Å². The van der Waals surface area contributed by atoms with Crippen LogP contribution in [-0.4, -0.2) is 53.9 Å². The molecule has 2 aliphatic heterocycles. The monoisotopic (exact) mass is 305 g/mol. The van der Waals surface area contributed by atoms with Crippen LogP contribution < -0.4 is 0 Å². The largest absolute Gasteiger partial charge is 0.359 e. The average molecular weight is 306 g/mol. The molecule has 3 aliphatic rings. The molecule has 3 nitrogen and oxygen atoms in total.